The summed E-state index contributed by atoms with van der Waals surface area (Å²) >= 11 is 0. The Morgan fingerprint density at radius 1 is 0.743 bits per heavy atom. The van der Waals surface area contributed by atoms with Crippen LogP contribution in [0, 0.1) is 11.8 Å². The predicted octanol–water partition coefficient (Wildman–Crippen LogP) is 9.09. The first-order valence-corrected chi connectivity index (χ1v) is 14.2. The number of unbranched alkanes of at least 4 members (excludes halogenated alkanes) is 13. The maximum atomic E-state index is 10.4. The number of aliphatic carboxylic acids is 1. The minimum absolute atomic E-state index is 0.328. The summed E-state index contributed by atoms with van der Waals surface area (Å²) in [5.74, 6) is 5.38. The Hall–Kier alpha value is -2.05. The molecule has 0 saturated heterocycles. The van der Waals surface area contributed by atoms with Gasteiger partial charge in [-0.3, -0.25) is 4.79 Å². The summed E-state index contributed by atoms with van der Waals surface area (Å²) in [4.78, 5) is 10.4. The van der Waals surface area contributed by atoms with E-state index in [9.17, 15) is 9.90 Å². The SMILES string of the molecule is CCC=CCC(O)C=CC#CCC=CCC=CCCCCCCCCCCCCCCCC(=O)O. The first kappa shape index (κ1) is 33.0. The molecule has 0 amide bonds. The van der Waals surface area contributed by atoms with Gasteiger partial charge < -0.3 is 10.2 Å². The lowest BCUT2D eigenvalue weighted by molar-refractivity contribution is -0.137. The van der Waals surface area contributed by atoms with E-state index in [0.29, 0.717) is 12.8 Å². The quantitative estimate of drug-likeness (QED) is 0.0863. The lowest BCUT2D eigenvalue weighted by Gasteiger charge is -2.03. The van der Waals surface area contributed by atoms with Gasteiger partial charge in [0.15, 0.2) is 0 Å². The van der Waals surface area contributed by atoms with Gasteiger partial charge >= 0.3 is 5.97 Å². The Bertz CT molecular complexity index is 645. The first-order valence-electron chi connectivity index (χ1n) is 14.2. The van der Waals surface area contributed by atoms with E-state index in [1.807, 2.05) is 6.08 Å². The molecule has 35 heavy (non-hydrogen) atoms. The number of hydrogen-bond donors (Lipinski definition) is 2. The molecule has 1 unspecified atom stereocenters. The van der Waals surface area contributed by atoms with Crippen LogP contribution in [0.3, 0.4) is 0 Å². The molecule has 2 N–H and O–H groups in total. The van der Waals surface area contributed by atoms with E-state index in [1.165, 1.54) is 77.0 Å². The van der Waals surface area contributed by atoms with Crippen LogP contribution in [0.25, 0.3) is 0 Å². The van der Waals surface area contributed by atoms with Crippen LogP contribution < -0.4 is 0 Å². The molecule has 0 aliphatic rings. The van der Waals surface area contributed by atoms with Crippen molar-refractivity contribution in [1.29, 1.82) is 0 Å². The number of aliphatic hydroxyl groups excluding tert-OH is 1. The Labute approximate surface area is 216 Å². The molecule has 0 aliphatic carbocycles. The zero-order valence-corrected chi connectivity index (χ0v) is 22.4. The van der Waals surface area contributed by atoms with Crippen molar-refractivity contribution >= 4 is 5.97 Å². The van der Waals surface area contributed by atoms with E-state index in [-0.39, 0.29) is 0 Å². The van der Waals surface area contributed by atoms with Crippen molar-refractivity contribution in [3.05, 3.63) is 48.6 Å². The van der Waals surface area contributed by atoms with Gasteiger partial charge in [-0.15, -0.1) is 0 Å². The van der Waals surface area contributed by atoms with Crippen LogP contribution in [0.4, 0.5) is 0 Å². The van der Waals surface area contributed by atoms with Gasteiger partial charge in [0.05, 0.1) is 6.10 Å². The highest BCUT2D eigenvalue weighted by Crippen LogP contribution is 2.13. The number of carboxylic acids is 1. The molecule has 0 bridgehead atoms. The fraction of sp³-hybridized carbons (Fsp3) is 0.656. The van der Waals surface area contributed by atoms with Crippen LogP contribution >= 0.6 is 0 Å². The first-order chi connectivity index (χ1) is 17.2. The van der Waals surface area contributed by atoms with Gasteiger partial charge in [0.1, 0.15) is 0 Å². The highest BCUT2D eigenvalue weighted by Gasteiger charge is 1.97. The van der Waals surface area contributed by atoms with E-state index < -0.39 is 12.1 Å². The van der Waals surface area contributed by atoms with Gasteiger partial charge in [-0.1, -0.05) is 126 Å². The predicted molar refractivity (Wildman–Crippen MR) is 151 cm³/mol. The molecule has 0 spiro atoms. The van der Waals surface area contributed by atoms with Crippen LogP contribution in [0.2, 0.25) is 0 Å². The van der Waals surface area contributed by atoms with Crippen LogP contribution in [0.1, 0.15) is 129 Å². The normalized spacial score (nSPS) is 12.7. The van der Waals surface area contributed by atoms with Crippen molar-refractivity contribution < 1.29 is 15.0 Å². The maximum Gasteiger partial charge on any atom is 0.303 e. The molecule has 0 aliphatic heterocycles. The summed E-state index contributed by atoms with van der Waals surface area (Å²) in [6, 6.07) is 0. The Balaban J connectivity index is 3.37. The van der Waals surface area contributed by atoms with Crippen LogP contribution in [0.5, 0.6) is 0 Å². The van der Waals surface area contributed by atoms with Crippen LogP contribution in [-0.4, -0.2) is 22.3 Å². The molecule has 0 saturated carbocycles. The van der Waals surface area contributed by atoms with Gasteiger partial charge in [0, 0.05) is 12.8 Å². The van der Waals surface area contributed by atoms with E-state index in [2.05, 4.69) is 49.1 Å². The van der Waals surface area contributed by atoms with Crippen molar-refractivity contribution in [3.63, 3.8) is 0 Å². The van der Waals surface area contributed by atoms with E-state index in [0.717, 1.165) is 32.1 Å². The lowest BCUT2D eigenvalue weighted by Crippen LogP contribution is -1.98. The summed E-state index contributed by atoms with van der Waals surface area (Å²) < 4.78 is 0. The van der Waals surface area contributed by atoms with Crippen molar-refractivity contribution in [2.75, 3.05) is 0 Å². The average Bonchev–Trinajstić information content (AvgIpc) is 2.84. The molecule has 198 valence electrons. The van der Waals surface area contributed by atoms with E-state index >= 15 is 0 Å². The van der Waals surface area contributed by atoms with Gasteiger partial charge in [-0.25, -0.2) is 0 Å². The molecule has 0 rings (SSSR count). The minimum atomic E-state index is -0.665. The molecule has 3 heteroatoms. The second-order valence-corrected chi connectivity index (χ2v) is 9.27. The zero-order valence-electron chi connectivity index (χ0n) is 22.4. The number of hydrogen-bond acceptors (Lipinski definition) is 2. The van der Waals surface area contributed by atoms with Crippen LogP contribution in [0.15, 0.2) is 48.6 Å². The second kappa shape index (κ2) is 28.2. The van der Waals surface area contributed by atoms with Gasteiger partial charge in [-0.2, -0.15) is 0 Å². The summed E-state index contributed by atoms with van der Waals surface area (Å²) in [5.41, 5.74) is 0. The maximum absolute atomic E-state index is 10.4. The molecule has 1 atom stereocenters. The zero-order chi connectivity index (χ0) is 25.7. The monoisotopic (exact) mass is 484 g/mol. The summed E-state index contributed by atoms with van der Waals surface area (Å²) in [7, 11) is 0. The molecule has 0 radical (unpaired) electrons. The largest absolute Gasteiger partial charge is 0.481 e. The van der Waals surface area contributed by atoms with Crippen molar-refractivity contribution in [2.45, 2.75) is 135 Å². The molecule has 3 nitrogen and oxygen atoms in total. The Morgan fingerprint density at radius 3 is 1.91 bits per heavy atom. The average molecular weight is 485 g/mol. The molecule has 0 aromatic carbocycles. The summed E-state index contributed by atoms with van der Waals surface area (Å²) in [6.07, 6.45) is 37.3. The number of rotatable bonds is 23. The molecule has 0 heterocycles. The number of aliphatic hydroxyl groups is 1. The third kappa shape index (κ3) is 29.9. The van der Waals surface area contributed by atoms with Crippen LogP contribution in [-0.2, 0) is 4.79 Å². The smallest absolute Gasteiger partial charge is 0.303 e. The Kier molecular flexibility index (Phi) is 26.5. The van der Waals surface area contributed by atoms with Crippen molar-refractivity contribution in [2.24, 2.45) is 0 Å². The molecular weight excluding hydrogens is 432 g/mol. The van der Waals surface area contributed by atoms with E-state index in [4.69, 9.17) is 5.11 Å². The van der Waals surface area contributed by atoms with E-state index in [1.54, 1.807) is 12.2 Å². The fourth-order valence-electron chi connectivity index (χ4n) is 3.77. The standard InChI is InChI=1S/C32H52O3/c1-2-3-25-28-31(33)29-26-23-21-19-17-15-13-11-9-7-5-4-6-8-10-12-14-16-18-20-22-24-27-30-32(34)35/h3,9,11,15,17,25-26,29,31,33H,2,4-8,10,12-14,16,18-20,22,24,27-28,30H2,1H3,(H,34,35). The van der Waals surface area contributed by atoms with Crippen molar-refractivity contribution in [3.8, 4) is 11.8 Å². The van der Waals surface area contributed by atoms with Gasteiger partial charge in [0.2, 0.25) is 0 Å². The molecule has 0 aromatic rings. The minimum Gasteiger partial charge on any atom is -0.481 e. The highest BCUT2D eigenvalue weighted by atomic mass is 16.4. The molecular formula is C32H52O3. The number of carbonyl (C=O) groups is 1. The number of allylic oxidation sites excluding steroid dienone is 6. The fourth-order valence-corrected chi connectivity index (χ4v) is 3.77. The van der Waals surface area contributed by atoms with Crippen molar-refractivity contribution in [1.82, 2.24) is 0 Å². The third-order valence-electron chi connectivity index (χ3n) is 5.87. The summed E-state index contributed by atoms with van der Waals surface area (Å²) in [6.45, 7) is 2.08. The third-order valence-corrected chi connectivity index (χ3v) is 5.87. The second-order valence-electron chi connectivity index (χ2n) is 9.27. The Morgan fingerprint density at radius 2 is 1.31 bits per heavy atom. The molecule has 0 aromatic heterocycles. The number of carboxylic acid groups (broad SMARTS) is 1. The molecule has 0 fully saturated rings. The summed E-state index contributed by atoms with van der Waals surface area (Å²) in [5, 5.41) is 18.3. The van der Waals surface area contributed by atoms with Gasteiger partial charge in [0.25, 0.3) is 0 Å². The lowest BCUT2D eigenvalue weighted by atomic mass is 10.0. The highest BCUT2D eigenvalue weighted by molar-refractivity contribution is 5.66. The topological polar surface area (TPSA) is 57.5 Å². The van der Waals surface area contributed by atoms with Gasteiger partial charge in [-0.05, 0) is 50.7 Å².